The number of ketones is 1. The predicted octanol–water partition coefficient (Wildman–Crippen LogP) is 9.94. The van der Waals surface area contributed by atoms with Crippen LogP contribution in [0.4, 0.5) is 13.2 Å². The summed E-state index contributed by atoms with van der Waals surface area (Å²) in [5, 5.41) is 0.0291. The van der Waals surface area contributed by atoms with Crippen LogP contribution in [0.2, 0.25) is 18.1 Å². The summed E-state index contributed by atoms with van der Waals surface area (Å²) in [4.78, 5) is 19.9. The van der Waals surface area contributed by atoms with E-state index < -0.39 is 20.1 Å². The van der Waals surface area contributed by atoms with Crippen molar-refractivity contribution in [1.82, 2.24) is 4.98 Å². The molecule has 0 amide bonds. The molecule has 0 spiro atoms. The molecular weight excluding hydrogens is 551 g/mol. The highest BCUT2D eigenvalue weighted by Crippen LogP contribution is 2.48. The van der Waals surface area contributed by atoms with E-state index in [1.54, 1.807) is 0 Å². The monoisotopic (exact) mass is 597 g/mol. The number of hydrogen-bond donors (Lipinski definition) is 0. The summed E-state index contributed by atoms with van der Waals surface area (Å²) in [6.07, 6.45) is 7.53. The summed E-state index contributed by atoms with van der Waals surface area (Å²) in [5.41, 5.74) is 4.47. The Morgan fingerprint density at radius 3 is 2.29 bits per heavy atom. The maximum Gasteiger partial charge on any atom is 0.416 e. The average molecular weight is 598 g/mol. The topological polar surface area (TPSA) is 39.2 Å². The third kappa shape index (κ3) is 6.06. The van der Waals surface area contributed by atoms with E-state index in [9.17, 15) is 18.0 Å². The second-order valence-corrected chi connectivity index (χ2v) is 19.8. The van der Waals surface area contributed by atoms with Crippen molar-refractivity contribution in [2.24, 2.45) is 5.41 Å². The Bertz CT molecular complexity index is 1360. The van der Waals surface area contributed by atoms with E-state index in [1.165, 1.54) is 17.7 Å². The molecule has 228 valence electrons. The molecule has 5 rings (SSSR count). The van der Waals surface area contributed by atoms with E-state index in [2.05, 4.69) is 59.9 Å². The number of fused-ring (bicyclic) bond motifs is 1. The highest BCUT2D eigenvalue weighted by Gasteiger charge is 2.44. The van der Waals surface area contributed by atoms with Crippen LogP contribution in [0, 0.1) is 5.41 Å². The van der Waals surface area contributed by atoms with Gasteiger partial charge in [-0.05, 0) is 91.2 Å². The molecule has 0 bridgehead atoms. The Morgan fingerprint density at radius 1 is 1.05 bits per heavy atom. The lowest BCUT2D eigenvalue weighted by atomic mass is 9.71. The SMILES string of the molecule is CC1(C)CCc2c(nc(C3C=CC[C@@H]3O[Si](C)(C)C(C)(C)C)c(C(=O)c3ccc(C(F)(F)F)cc3)c2C2CCCC2)C1. The quantitative estimate of drug-likeness (QED) is 0.189. The maximum atomic E-state index is 14.5. The number of halogens is 3. The number of aromatic nitrogens is 1. The summed E-state index contributed by atoms with van der Waals surface area (Å²) < 4.78 is 47.1. The Labute approximate surface area is 250 Å². The number of carbonyl (C=O) groups excluding carboxylic acids is 1. The zero-order chi connectivity index (χ0) is 30.7. The van der Waals surface area contributed by atoms with Gasteiger partial charge in [0, 0.05) is 22.7 Å². The van der Waals surface area contributed by atoms with Gasteiger partial charge < -0.3 is 4.43 Å². The summed E-state index contributed by atoms with van der Waals surface area (Å²) in [7, 11) is -2.13. The molecule has 3 aliphatic carbocycles. The zero-order valence-electron chi connectivity index (χ0n) is 26.3. The first-order valence-electron chi connectivity index (χ1n) is 15.6. The van der Waals surface area contributed by atoms with Gasteiger partial charge in [-0.1, -0.05) is 71.7 Å². The number of nitrogens with zero attached hydrogens (tertiary/aromatic N) is 1. The molecule has 1 unspecified atom stereocenters. The summed E-state index contributed by atoms with van der Waals surface area (Å²) >= 11 is 0. The van der Waals surface area contributed by atoms with Crippen molar-refractivity contribution >= 4 is 14.1 Å². The van der Waals surface area contributed by atoms with Crippen LogP contribution in [-0.2, 0) is 23.4 Å². The first kappa shape index (κ1) is 31.2. The van der Waals surface area contributed by atoms with Crippen molar-refractivity contribution in [3.63, 3.8) is 0 Å². The van der Waals surface area contributed by atoms with Gasteiger partial charge in [0.05, 0.1) is 17.4 Å². The molecule has 0 saturated heterocycles. The minimum Gasteiger partial charge on any atom is -0.413 e. The molecule has 3 aliphatic rings. The highest BCUT2D eigenvalue weighted by molar-refractivity contribution is 6.74. The summed E-state index contributed by atoms with van der Waals surface area (Å²) in [5.74, 6) is -0.129. The van der Waals surface area contributed by atoms with E-state index in [-0.39, 0.29) is 39.7 Å². The predicted molar refractivity (Wildman–Crippen MR) is 165 cm³/mol. The van der Waals surface area contributed by atoms with Gasteiger partial charge in [-0.3, -0.25) is 9.78 Å². The number of carbonyl (C=O) groups is 1. The number of alkyl halides is 3. The number of benzene rings is 1. The number of hydrogen-bond acceptors (Lipinski definition) is 3. The van der Waals surface area contributed by atoms with Gasteiger partial charge in [0.25, 0.3) is 0 Å². The average Bonchev–Trinajstić information content (AvgIpc) is 3.58. The van der Waals surface area contributed by atoms with E-state index in [4.69, 9.17) is 9.41 Å². The van der Waals surface area contributed by atoms with E-state index >= 15 is 0 Å². The maximum absolute atomic E-state index is 14.5. The van der Waals surface area contributed by atoms with Crippen LogP contribution in [-0.4, -0.2) is 25.2 Å². The number of rotatable bonds is 6. The highest BCUT2D eigenvalue weighted by atomic mass is 28.4. The van der Waals surface area contributed by atoms with Gasteiger partial charge in [0.1, 0.15) is 0 Å². The standard InChI is InChI=1S/C35H46F3NO2Si/c1-33(2,3)42(6,7)41-28-14-10-13-26(28)31-30(32(40)23-15-17-24(18-16-23)35(36,37)38)29(22-11-8-9-12-22)25-19-20-34(4,5)21-27(25)39-31/h10,13,15-18,22,26,28H,8-9,11-12,14,19-21H2,1-7H3/t26?,28-/m0/s1. The van der Waals surface area contributed by atoms with Gasteiger partial charge in [-0.15, -0.1) is 0 Å². The molecule has 1 heterocycles. The molecule has 3 nitrogen and oxygen atoms in total. The van der Waals surface area contributed by atoms with Gasteiger partial charge in [-0.2, -0.15) is 13.2 Å². The van der Waals surface area contributed by atoms with Crippen molar-refractivity contribution in [2.45, 2.75) is 128 Å². The lowest BCUT2D eigenvalue weighted by Crippen LogP contribution is -2.44. The van der Waals surface area contributed by atoms with Crippen LogP contribution >= 0.6 is 0 Å². The van der Waals surface area contributed by atoms with Gasteiger partial charge in [0.2, 0.25) is 0 Å². The first-order valence-corrected chi connectivity index (χ1v) is 18.5. The fourth-order valence-corrected chi connectivity index (χ4v) is 8.17. The Balaban J connectivity index is 1.70. The van der Waals surface area contributed by atoms with Crippen LogP contribution in [0.25, 0.3) is 0 Å². The largest absolute Gasteiger partial charge is 0.416 e. The molecule has 1 aromatic carbocycles. The number of pyridine rings is 1. The van der Waals surface area contributed by atoms with Crippen molar-refractivity contribution in [2.75, 3.05) is 0 Å². The van der Waals surface area contributed by atoms with Gasteiger partial charge in [-0.25, -0.2) is 0 Å². The first-order chi connectivity index (χ1) is 19.5. The van der Waals surface area contributed by atoms with E-state index in [0.29, 0.717) is 5.56 Å². The Morgan fingerprint density at radius 2 is 1.69 bits per heavy atom. The normalized spacial score (nSPS) is 22.9. The molecule has 2 aromatic rings. The van der Waals surface area contributed by atoms with Crippen molar-refractivity contribution < 1.29 is 22.4 Å². The lowest BCUT2D eigenvalue weighted by Gasteiger charge is -2.40. The van der Waals surface area contributed by atoms with Gasteiger partial charge >= 0.3 is 6.18 Å². The third-order valence-electron chi connectivity index (χ3n) is 10.3. The minimum atomic E-state index is -4.45. The second-order valence-electron chi connectivity index (χ2n) is 15.0. The second kappa shape index (κ2) is 11.0. The molecule has 0 N–H and O–H groups in total. The summed E-state index contributed by atoms with van der Waals surface area (Å²) in [6, 6.07) is 4.72. The zero-order valence-corrected chi connectivity index (χ0v) is 27.3. The molecule has 42 heavy (non-hydrogen) atoms. The van der Waals surface area contributed by atoms with Crippen LogP contribution < -0.4 is 0 Å². The van der Waals surface area contributed by atoms with E-state index in [0.717, 1.165) is 80.5 Å². The van der Waals surface area contributed by atoms with Gasteiger partial charge in [0.15, 0.2) is 14.1 Å². The van der Waals surface area contributed by atoms with Crippen LogP contribution in [0.1, 0.15) is 129 Å². The van der Waals surface area contributed by atoms with Crippen molar-refractivity contribution in [1.29, 1.82) is 0 Å². The van der Waals surface area contributed by atoms with Crippen LogP contribution in [0.3, 0.4) is 0 Å². The molecule has 7 heteroatoms. The van der Waals surface area contributed by atoms with E-state index in [1.807, 2.05) is 0 Å². The molecule has 1 saturated carbocycles. The lowest BCUT2D eigenvalue weighted by molar-refractivity contribution is -0.137. The molecule has 1 aromatic heterocycles. The Hall–Kier alpha value is -2.25. The molecule has 0 radical (unpaired) electrons. The van der Waals surface area contributed by atoms with Crippen molar-refractivity contribution in [3.05, 3.63) is 75.6 Å². The fourth-order valence-electron chi connectivity index (χ4n) is 6.82. The Kier molecular flexibility index (Phi) is 8.19. The smallest absolute Gasteiger partial charge is 0.413 e. The van der Waals surface area contributed by atoms with Crippen LogP contribution in [0.15, 0.2) is 36.4 Å². The molecule has 2 atom stereocenters. The van der Waals surface area contributed by atoms with Crippen molar-refractivity contribution in [3.8, 4) is 0 Å². The molecule has 1 fully saturated rings. The van der Waals surface area contributed by atoms with Crippen LogP contribution in [0.5, 0.6) is 0 Å². The molecular formula is C35H46F3NO2Si. The fraction of sp³-hybridized carbons (Fsp3) is 0.600. The minimum absolute atomic E-state index is 0.0291. The summed E-state index contributed by atoms with van der Waals surface area (Å²) in [6.45, 7) is 15.8. The molecule has 0 aliphatic heterocycles. The third-order valence-corrected chi connectivity index (χ3v) is 14.8.